The SMILES string of the molecule is CCCCCCCCC/C=C\CCCCCCCC(=O)OCCCCCCCCCCCC/C=C\CCCCCCCCCC(=O)NC(CO)C(O)CCCCCCCCCCCCCCCCCCCCCCC. The summed E-state index contributed by atoms with van der Waals surface area (Å²) >= 11 is 0. The van der Waals surface area contributed by atoms with E-state index in [0.29, 0.717) is 25.9 Å². The molecule has 0 radical (unpaired) electrons. The Bertz CT molecular complexity index is 1170. The lowest BCUT2D eigenvalue weighted by Crippen LogP contribution is -2.45. The standard InChI is InChI=1S/C69H133NO5/c1-3-5-7-9-11-13-15-17-19-21-22-24-27-30-33-37-41-45-49-53-57-61-67(72)66(65-71)70-68(73)62-58-54-50-46-42-38-34-31-28-25-23-26-29-32-36-40-44-48-52-56-60-64-75-69(74)63-59-55-51-47-43-39-35-20-18-16-14-12-10-8-6-4-2/h20,25,28,35,66-67,71-72H,3-19,21-24,26-27,29-34,36-65H2,1-2H3,(H,70,73)/b28-25-,35-20-. The van der Waals surface area contributed by atoms with Crippen molar-refractivity contribution in [1.29, 1.82) is 0 Å². The van der Waals surface area contributed by atoms with Crippen molar-refractivity contribution in [3.8, 4) is 0 Å². The lowest BCUT2D eigenvalue weighted by Gasteiger charge is -2.22. The number of nitrogens with one attached hydrogen (secondary N) is 1. The van der Waals surface area contributed by atoms with Crippen LogP contribution in [0.2, 0.25) is 0 Å². The van der Waals surface area contributed by atoms with E-state index in [9.17, 15) is 19.8 Å². The normalized spacial score (nSPS) is 12.6. The maximum absolute atomic E-state index is 12.5. The highest BCUT2D eigenvalue weighted by Gasteiger charge is 2.20. The van der Waals surface area contributed by atoms with E-state index in [2.05, 4.69) is 43.5 Å². The summed E-state index contributed by atoms with van der Waals surface area (Å²) in [6, 6.07) is -0.548. The summed E-state index contributed by atoms with van der Waals surface area (Å²) in [4.78, 5) is 24.6. The molecule has 0 aromatic heterocycles. The number of aliphatic hydroxyl groups excluding tert-OH is 2. The Balaban J connectivity index is 3.42. The van der Waals surface area contributed by atoms with Crippen molar-refractivity contribution in [2.75, 3.05) is 13.2 Å². The molecule has 0 fully saturated rings. The van der Waals surface area contributed by atoms with E-state index in [1.165, 1.54) is 302 Å². The molecule has 6 heteroatoms. The van der Waals surface area contributed by atoms with Gasteiger partial charge in [-0.05, 0) is 77.0 Å². The molecule has 2 atom stereocenters. The molecule has 0 heterocycles. The van der Waals surface area contributed by atoms with Gasteiger partial charge in [0.05, 0.1) is 25.4 Å². The van der Waals surface area contributed by atoms with E-state index < -0.39 is 12.1 Å². The Labute approximate surface area is 469 Å². The third kappa shape index (κ3) is 61.4. The van der Waals surface area contributed by atoms with Gasteiger partial charge in [-0.2, -0.15) is 0 Å². The van der Waals surface area contributed by atoms with Crippen molar-refractivity contribution in [3.63, 3.8) is 0 Å². The van der Waals surface area contributed by atoms with Gasteiger partial charge in [-0.1, -0.05) is 314 Å². The highest BCUT2D eigenvalue weighted by Crippen LogP contribution is 2.18. The maximum Gasteiger partial charge on any atom is 0.305 e. The summed E-state index contributed by atoms with van der Waals surface area (Å²) in [5, 5.41) is 23.4. The molecule has 3 N–H and O–H groups in total. The molecular weight excluding hydrogens is 923 g/mol. The molecule has 1 amide bonds. The van der Waals surface area contributed by atoms with Crippen molar-refractivity contribution < 1.29 is 24.5 Å². The number of rotatable bonds is 64. The van der Waals surface area contributed by atoms with Crippen LogP contribution in [0.1, 0.15) is 380 Å². The smallest absolute Gasteiger partial charge is 0.305 e. The van der Waals surface area contributed by atoms with Crippen LogP contribution in [-0.4, -0.2) is 47.4 Å². The van der Waals surface area contributed by atoms with E-state index >= 15 is 0 Å². The highest BCUT2D eigenvalue weighted by molar-refractivity contribution is 5.76. The average molecular weight is 1060 g/mol. The van der Waals surface area contributed by atoms with Crippen LogP contribution >= 0.6 is 0 Å². The number of aliphatic hydroxyl groups is 2. The number of carbonyl (C=O) groups is 2. The number of hydrogen-bond acceptors (Lipinski definition) is 5. The zero-order valence-corrected chi connectivity index (χ0v) is 50.8. The van der Waals surface area contributed by atoms with Gasteiger partial charge >= 0.3 is 5.97 Å². The third-order valence-electron chi connectivity index (χ3n) is 16.0. The number of amides is 1. The zero-order chi connectivity index (χ0) is 54.3. The molecule has 75 heavy (non-hydrogen) atoms. The first kappa shape index (κ1) is 73.3. The number of unbranched alkanes of at least 4 members (excludes halogenated alkanes) is 49. The molecule has 0 aliphatic rings. The molecule has 0 aromatic carbocycles. The lowest BCUT2D eigenvalue weighted by molar-refractivity contribution is -0.143. The molecular formula is C69H133NO5. The first-order chi connectivity index (χ1) is 37.0. The van der Waals surface area contributed by atoms with Gasteiger partial charge in [-0.3, -0.25) is 9.59 Å². The van der Waals surface area contributed by atoms with Crippen LogP contribution < -0.4 is 5.32 Å². The molecule has 0 aliphatic heterocycles. The quantitative estimate of drug-likeness (QED) is 0.0320. The van der Waals surface area contributed by atoms with Crippen molar-refractivity contribution in [1.82, 2.24) is 5.32 Å². The molecule has 0 rings (SSSR count). The fourth-order valence-electron chi connectivity index (χ4n) is 10.7. The molecule has 0 saturated carbocycles. The van der Waals surface area contributed by atoms with Crippen LogP contribution in [0.5, 0.6) is 0 Å². The van der Waals surface area contributed by atoms with E-state index in [1.807, 2.05) is 0 Å². The minimum atomic E-state index is -0.670. The van der Waals surface area contributed by atoms with Crippen LogP contribution in [0.15, 0.2) is 24.3 Å². The second-order valence-corrected chi connectivity index (χ2v) is 23.5. The van der Waals surface area contributed by atoms with E-state index in [4.69, 9.17) is 4.74 Å². The van der Waals surface area contributed by atoms with E-state index in [-0.39, 0.29) is 18.5 Å². The summed E-state index contributed by atoms with van der Waals surface area (Å²) in [6.45, 7) is 4.97. The number of hydrogen-bond donors (Lipinski definition) is 3. The molecule has 0 aromatic rings. The van der Waals surface area contributed by atoms with Gasteiger partial charge in [-0.25, -0.2) is 0 Å². The Morgan fingerprint density at radius 1 is 0.360 bits per heavy atom. The van der Waals surface area contributed by atoms with Crippen LogP contribution in [-0.2, 0) is 14.3 Å². The predicted octanol–water partition coefficient (Wildman–Crippen LogP) is 21.8. The van der Waals surface area contributed by atoms with Crippen molar-refractivity contribution >= 4 is 11.9 Å². The van der Waals surface area contributed by atoms with Gasteiger partial charge in [0.15, 0.2) is 0 Å². The fourth-order valence-corrected chi connectivity index (χ4v) is 10.7. The Morgan fingerprint density at radius 2 is 0.627 bits per heavy atom. The van der Waals surface area contributed by atoms with Gasteiger partial charge in [0, 0.05) is 12.8 Å². The number of allylic oxidation sites excluding steroid dienone is 4. The van der Waals surface area contributed by atoms with E-state index in [1.54, 1.807) is 0 Å². The minimum absolute atomic E-state index is 0.00172. The Morgan fingerprint density at radius 3 is 0.947 bits per heavy atom. The Hall–Kier alpha value is -1.66. The van der Waals surface area contributed by atoms with Gasteiger partial charge in [0.2, 0.25) is 5.91 Å². The second-order valence-electron chi connectivity index (χ2n) is 23.5. The van der Waals surface area contributed by atoms with Crippen LogP contribution in [0, 0.1) is 0 Å². The number of ether oxygens (including phenoxy) is 1. The van der Waals surface area contributed by atoms with Crippen molar-refractivity contribution in [3.05, 3.63) is 24.3 Å². The number of esters is 1. The van der Waals surface area contributed by atoms with Crippen molar-refractivity contribution in [2.45, 2.75) is 392 Å². The third-order valence-corrected chi connectivity index (χ3v) is 16.0. The average Bonchev–Trinajstić information content (AvgIpc) is 3.41. The van der Waals surface area contributed by atoms with Gasteiger partial charge in [0.25, 0.3) is 0 Å². The van der Waals surface area contributed by atoms with Gasteiger partial charge in [-0.15, -0.1) is 0 Å². The fraction of sp³-hybridized carbons (Fsp3) is 0.913. The second kappa shape index (κ2) is 64.9. The molecule has 6 nitrogen and oxygen atoms in total. The molecule has 0 aliphatic carbocycles. The molecule has 0 bridgehead atoms. The first-order valence-corrected chi connectivity index (χ1v) is 34.1. The molecule has 2 unspecified atom stereocenters. The Kier molecular flexibility index (Phi) is 63.4. The summed E-state index contributed by atoms with van der Waals surface area (Å²) in [6.07, 6.45) is 80.6. The minimum Gasteiger partial charge on any atom is -0.466 e. The summed E-state index contributed by atoms with van der Waals surface area (Å²) in [5.74, 6) is -0.0372. The lowest BCUT2D eigenvalue weighted by atomic mass is 10.0. The van der Waals surface area contributed by atoms with Crippen LogP contribution in [0.4, 0.5) is 0 Å². The van der Waals surface area contributed by atoms with E-state index in [0.717, 1.165) is 44.9 Å². The summed E-state index contributed by atoms with van der Waals surface area (Å²) in [7, 11) is 0. The maximum atomic E-state index is 12.5. The first-order valence-electron chi connectivity index (χ1n) is 34.1. The monoisotopic (exact) mass is 1060 g/mol. The molecule has 444 valence electrons. The summed E-state index contributed by atoms with van der Waals surface area (Å²) < 4.78 is 5.49. The summed E-state index contributed by atoms with van der Waals surface area (Å²) in [5.41, 5.74) is 0. The largest absolute Gasteiger partial charge is 0.466 e. The van der Waals surface area contributed by atoms with Crippen LogP contribution in [0.25, 0.3) is 0 Å². The molecule has 0 spiro atoms. The van der Waals surface area contributed by atoms with Crippen molar-refractivity contribution in [2.24, 2.45) is 0 Å². The number of carbonyl (C=O) groups excluding carboxylic acids is 2. The van der Waals surface area contributed by atoms with Gasteiger partial charge in [0.1, 0.15) is 0 Å². The highest BCUT2D eigenvalue weighted by atomic mass is 16.5. The van der Waals surface area contributed by atoms with Gasteiger partial charge < -0.3 is 20.3 Å². The zero-order valence-electron chi connectivity index (χ0n) is 50.8. The molecule has 0 saturated heterocycles. The predicted molar refractivity (Wildman–Crippen MR) is 329 cm³/mol. The van der Waals surface area contributed by atoms with Crippen LogP contribution in [0.3, 0.4) is 0 Å². The topological polar surface area (TPSA) is 95.9 Å².